The van der Waals surface area contributed by atoms with Gasteiger partial charge in [-0.25, -0.2) is 0 Å². The summed E-state index contributed by atoms with van der Waals surface area (Å²) in [6.07, 6.45) is 17.9. The molecule has 0 aliphatic rings. The first kappa shape index (κ1) is 23.7. The number of hydrogen-bond donors (Lipinski definition) is 0. The normalized spacial score (nSPS) is 12.1. The third kappa shape index (κ3) is 13.5. The largest absolute Gasteiger partial charge is 0.494 e. The van der Waals surface area contributed by atoms with Gasteiger partial charge in [0.1, 0.15) is 11.5 Å². The number of carbonyl (C=O) groups excluding carboxylic acids is 1. The van der Waals surface area contributed by atoms with Gasteiger partial charge in [-0.05, 0) is 38.3 Å². The van der Waals surface area contributed by atoms with Crippen molar-refractivity contribution in [1.29, 1.82) is 0 Å². The summed E-state index contributed by atoms with van der Waals surface area (Å²) in [6, 6.07) is 9.92. The van der Waals surface area contributed by atoms with E-state index in [0.717, 1.165) is 25.0 Å². The molecule has 0 aliphatic carbocycles. The van der Waals surface area contributed by atoms with E-state index in [4.69, 9.17) is 4.74 Å². The fraction of sp³-hybridized carbons (Fsp3) is 0.720. The first-order chi connectivity index (χ1) is 13.2. The summed E-state index contributed by atoms with van der Waals surface area (Å²) in [6.45, 7) is 4.72. The molecule has 0 spiro atoms. The van der Waals surface area contributed by atoms with Crippen LogP contribution in [0.3, 0.4) is 0 Å². The summed E-state index contributed by atoms with van der Waals surface area (Å²) in [7, 11) is 0. The molecule has 0 amide bonds. The lowest BCUT2D eigenvalue weighted by Gasteiger charge is -2.14. The predicted molar refractivity (Wildman–Crippen MR) is 116 cm³/mol. The van der Waals surface area contributed by atoms with Gasteiger partial charge in [0.05, 0.1) is 6.61 Å². The number of para-hydroxylation sites is 1. The fourth-order valence-electron chi connectivity index (χ4n) is 3.64. The van der Waals surface area contributed by atoms with Gasteiger partial charge in [-0.15, -0.1) is 0 Å². The van der Waals surface area contributed by atoms with E-state index < -0.39 is 0 Å². The highest BCUT2D eigenvalue weighted by Gasteiger charge is 2.13. The Kier molecular flexibility index (Phi) is 14.8. The molecule has 1 aromatic rings. The average molecular weight is 375 g/mol. The van der Waals surface area contributed by atoms with E-state index in [1.165, 1.54) is 70.6 Å². The molecule has 0 saturated heterocycles. The highest BCUT2D eigenvalue weighted by molar-refractivity contribution is 5.78. The third-order valence-electron chi connectivity index (χ3n) is 5.44. The maximum absolute atomic E-state index is 11.9. The number of ketones is 1. The quantitative estimate of drug-likeness (QED) is 0.245. The van der Waals surface area contributed by atoms with E-state index in [1.807, 2.05) is 30.3 Å². The molecular formula is C25H42O2. The van der Waals surface area contributed by atoms with Crippen LogP contribution in [0.1, 0.15) is 104 Å². The van der Waals surface area contributed by atoms with Gasteiger partial charge in [0, 0.05) is 5.92 Å². The Morgan fingerprint density at radius 1 is 0.778 bits per heavy atom. The molecule has 1 atom stereocenters. The van der Waals surface area contributed by atoms with Gasteiger partial charge in [-0.1, -0.05) is 95.8 Å². The monoisotopic (exact) mass is 374 g/mol. The number of hydrogen-bond acceptors (Lipinski definition) is 2. The summed E-state index contributed by atoms with van der Waals surface area (Å²) in [5.74, 6) is 1.49. The minimum absolute atomic E-state index is 0.225. The van der Waals surface area contributed by atoms with Crippen LogP contribution in [0.4, 0.5) is 0 Å². The van der Waals surface area contributed by atoms with Gasteiger partial charge >= 0.3 is 0 Å². The van der Waals surface area contributed by atoms with Gasteiger partial charge < -0.3 is 4.74 Å². The van der Waals surface area contributed by atoms with E-state index in [0.29, 0.717) is 12.4 Å². The first-order valence-corrected chi connectivity index (χ1v) is 11.4. The van der Waals surface area contributed by atoms with E-state index in [1.54, 1.807) is 6.92 Å². The van der Waals surface area contributed by atoms with Crippen molar-refractivity contribution in [3.63, 3.8) is 0 Å². The fourth-order valence-corrected chi connectivity index (χ4v) is 3.64. The van der Waals surface area contributed by atoms with E-state index >= 15 is 0 Å². The van der Waals surface area contributed by atoms with E-state index in [2.05, 4.69) is 6.92 Å². The zero-order chi connectivity index (χ0) is 19.6. The molecule has 0 saturated carbocycles. The van der Waals surface area contributed by atoms with E-state index in [9.17, 15) is 4.79 Å². The van der Waals surface area contributed by atoms with Crippen LogP contribution in [0.5, 0.6) is 5.75 Å². The summed E-state index contributed by atoms with van der Waals surface area (Å²) in [5, 5.41) is 0. The SMILES string of the molecule is CCCCCCCCCCCCCC(CCCOc1ccccc1)C(C)=O. The minimum atomic E-state index is 0.225. The molecule has 0 aromatic heterocycles. The van der Waals surface area contributed by atoms with Crippen LogP contribution in [0.2, 0.25) is 0 Å². The van der Waals surface area contributed by atoms with Gasteiger partial charge in [0.15, 0.2) is 0 Å². The lowest BCUT2D eigenvalue weighted by molar-refractivity contribution is -0.121. The zero-order valence-corrected chi connectivity index (χ0v) is 17.9. The molecule has 0 bridgehead atoms. The van der Waals surface area contributed by atoms with Crippen LogP contribution in [0.15, 0.2) is 30.3 Å². The number of carbonyl (C=O) groups is 1. The molecule has 1 rings (SSSR count). The summed E-state index contributed by atoms with van der Waals surface area (Å²) in [5.41, 5.74) is 0. The van der Waals surface area contributed by atoms with Gasteiger partial charge in [-0.2, -0.15) is 0 Å². The lowest BCUT2D eigenvalue weighted by atomic mass is 9.92. The Morgan fingerprint density at radius 3 is 1.85 bits per heavy atom. The smallest absolute Gasteiger partial charge is 0.132 e. The molecule has 0 fully saturated rings. The predicted octanol–water partition coefficient (Wildman–Crippen LogP) is 7.75. The molecule has 154 valence electrons. The van der Waals surface area contributed by atoms with Crippen molar-refractivity contribution < 1.29 is 9.53 Å². The topological polar surface area (TPSA) is 26.3 Å². The van der Waals surface area contributed by atoms with Crippen molar-refractivity contribution in [2.24, 2.45) is 5.92 Å². The van der Waals surface area contributed by atoms with Crippen LogP contribution in [-0.4, -0.2) is 12.4 Å². The zero-order valence-electron chi connectivity index (χ0n) is 17.9. The van der Waals surface area contributed by atoms with Crippen LogP contribution in [0.25, 0.3) is 0 Å². The van der Waals surface area contributed by atoms with Crippen molar-refractivity contribution in [2.75, 3.05) is 6.61 Å². The Labute approximate surface area is 168 Å². The standard InChI is InChI=1S/C25H42O2/c1-3-4-5-6-7-8-9-10-11-12-14-18-24(23(2)26)19-17-22-27-25-20-15-13-16-21-25/h13,15-16,20-21,24H,3-12,14,17-19,22H2,1-2H3. The second kappa shape index (κ2) is 16.8. The van der Waals surface area contributed by atoms with Crippen molar-refractivity contribution in [1.82, 2.24) is 0 Å². The second-order valence-corrected chi connectivity index (χ2v) is 7.94. The Balaban J connectivity index is 1.97. The molecule has 1 aromatic carbocycles. The Morgan fingerprint density at radius 2 is 1.30 bits per heavy atom. The van der Waals surface area contributed by atoms with Crippen LogP contribution in [-0.2, 0) is 4.79 Å². The summed E-state index contributed by atoms with van der Waals surface area (Å²) >= 11 is 0. The van der Waals surface area contributed by atoms with Crippen molar-refractivity contribution >= 4 is 5.78 Å². The number of rotatable bonds is 18. The molecule has 0 aliphatic heterocycles. The highest BCUT2D eigenvalue weighted by atomic mass is 16.5. The minimum Gasteiger partial charge on any atom is -0.494 e. The number of benzene rings is 1. The van der Waals surface area contributed by atoms with Crippen molar-refractivity contribution in [3.8, 4) is 5.75 Å². The van der Waals surface area contributed by atoms with Crippen molar-refractivity contribution in [2.45, 2.75) is 104 Å². The van der Waals surface area contributed by atoms with Gasteiger partial charge in [0.25, 0.3) is 0 Å². The number of Topliss-reactive ketones (excluding diaryl/α,β-unsaturated/α-hetero) is 1. The van der Waals surface area contributed by atoms with Crippen LogP contribution >= 0.6 is 0 Å². The summed E-state index contributed by atoms with van der Waals surface area (Å²) in [4.78, 5) is 11.9. The molecular weight excluding hydrogens is 332 g/mol. The van der Waals surface area contributed by atoms with Crippen molar-refractivity contribution in [3.05, 3.63) is 30.3 Å². The molecule has 0 heterocycles. The number of unbranched alkanes of at least 4 members (excludes halogenated alkanes) is 10. The molecule has 0 radical (unpaired) electrons. The Hall–Kier alpha value is -1.31. The van der Waals surface area contributed by atoms with E-state index in [-0.39, 0.29) is 5.92 Å². The summed E-state index contributed by atoms with van der Waals surface area (Å²) < 4.78 is 5.74. The Bertz CT molecular complexity index is 455. The number of ether oxygens (including phenoxy) is 1. The maximum Gasteiger partial charge on any atom is 0.132 e. The first-order valence-electron chi connectivity index (χ1n) is 11.4. The molecule has 27 heavy (non-hydrogen) atoms. The average Bonchev–Trinajstić information content (AvgIpc) is 2.68. The van der Waals surface area contributed by atoms with Gasteiger partial charge in [0.2, 0.25) is 0 Å². The molecule has 2 heteroatoms. The molecule has 0 N–H and O–H groups in total. The van der Waals surface area contributed by atoms with Crippen LogP contribution < -0.4 is 4.74 Å². The van der Waals surface area contributed by atoms with Gasteiger partial charge in [-0.3, -0.25) is 4.79 Å². The lowest BCUT2D eigenvalue weighted by Crippen LogP contribution is -2.12. The maximum atomic E-state index is 11.9. The highest BCUT2D eigenvalue weighted by Crippen LogP contribution is 2.19. The van der Waals surface area contributed by atoms with Crippen LogP contribution in [0, 0.1) is 5.92 Å². The third-order valence-corrected chi connectivity index (χ3v) is 5.44. The molecule has 1 unspecified atom stereocenters. The molecule has 2 nitrogen and oxygen atoms in total. The second-order valence-electron chi connectivity index (χ2n) is 7.94.